The van der Waals surface area contributed by atoms with Crippen LogP contribution in [0.1, 0.15) is 56.6 Å². The molecular weight excluding hydrogens is 571 g/mol. The lowest BCUT2D eigenvalue weighted by Crippen LogP contribution is -3.59. The second kappa shape index (κ2) is 16.4. The summed E-state index contributed by atoms with van der Waals surface area (Å²) in [6, 6.07) is 24.5. The van der Waals surface area contributed by atoms with Crippen LogP contribution in [0.3, 0.4) is 0 Å². The fourth-order valence-corrected chi connectivity index (χ4v) is 5.02. The Morgan fingerprint density at radius 2 is 1.46 bits per heavy atom. The van der Waals surface area contributed by atoms with Gasteiger partial charge in [-0.1, -0.05) is 74.9 Å². The van der Waals surface area contributed by atoms with Crippen LogP contribution < -0.4 is 25.9 Å². The molecule has 0 fully saturated rings. The summed E-state index contributed by atoms with van der Waals surface area (Å²) >= 11 is -0.219. The van der Waals surface area contributed by atoms with Crippen molar-refractivity contribution in [2.75, 3.05) is 6.61 Å². The van der Waals surface area contributed by atoms with Gasteiger partial charge in [-0.2, -0.15) is 0 Å². The van der Waals surface area contributed by atoms with Crippen LogP contribution >= 0.6 is 0 Å². The van der Waals surface area contributed by atoms with Gasteiger partial charge in [0.1, 0.15) is 15.9 Å². The van der Waals surface area contributed by atoms with Gasteiger partial charge in [0.25, 0.3) is 0 Å². The molecule has 0 spiro atoms. The number of rotatable bonds is 10. The molecule has 6 heteroatoms. The third-order valence-corrected chi connectivity index (χ3v) is 7.74. The first-order valence-electron chi connectivity index (χ1n) is 11.8. The molecular formula is C29H33IO4S. The molecule has 0 heterocycles. The van der Waals surface area contributed by atoms with E-state index in [2.05, 4.69) is 53.2 Å². The lowest BCUT2D eigenvalue weighted by Gasteiger charge is -2.05. The Kier molecular flexibility index (Phi) is 13.5. The van der Waals surface area contributed by atoms with Gasteiger partial charge in [0.15, 0.2) is 3.93 Å². The van der Waals surface area contributed by atoms with Crippen molar-refractivity contribution < 1.29 is 38.9 Å². The third kappa shape index (κ3) is 12.8. The van der Waals surface area contributed by atoms with E-state index in [1.54, 1.807) is 12.1 Å². The molecule has 0 saturated carbocycles. The van der Waals surface area contributed by atoms with Crippen LogP contribution in [0.2, 0.25) is 0 Å². The van der Waals surface area contributed by atoms with E-state index in [9.17, 15) is 13.0 Å². The number of benzene rings is 3. The number of aryl methyl sites for hydroxylation is 1. The largest absolute Gasteiger partial charge is 0.744 e. The molecule has 3 aromatic rings. The zero-order chi connectivity index (χ0) is 25.4. The maximum absolute atomic E-state index is 10.4. The fourth-order valence-electron chi connectivity index (χ4n) is 3.02. The van der Waals surface area contributed by atoms with Gasteiger partial charge >= 0.3 is 21.2 Å². The highest BCUT2D eigenvalue weighted by molar-refractivity contribution is 7.85. The molecule has 0 aliphatic carbocycles. The summed E-state index contributed by atoms with van der Waals surface area (Å²) in [6.07, 6.45) is 7.76. The maximum Gasteiger partial charge on any atom is 0.420 e. The Bertz CT molecular complexity index is 1150. The quantitative estimate of drug-likeness (QED) is 0.154. The Morgan fingerprint density at radius 1 is 0.829 bits per heavy atom. The molecule has 0 aliphatic rings. The van der Waals surface area contributed by atoms with Crippen molar-refractivity contribution in [3.8, 4) is 15.6 Å². The molecule has 3 rings (SSSR count). The van der Waals surface area contributed by atoms with E-state index < -0.39 is 10.1 Å². The van der Waals surface area contributed by atoms with Gasteiger partial charge in [-0.05, 0) is 67.8 Å². The normalized spacial score (nSPS) is 10.5. The highest BCUT2D eigenvalue weighted by atomic mass is 127. The lowest BCUT2D eigenvalue weighted by molar-refractivity contribution is -0.535. The fraction of sp³-hybridized carbons (Fsp3) is 0.310. The van der Waals surface area contributed by atoms with Crippen LogP contribution in [0.4, 0.5) is 0 Å². The summed E-state index contributed by atoms with van der Waals surface area (Å²) in [5.41, 5.74) is 2.00. The molecule has 0 aliphatic heterocycles. The van der Waals surface area contributed by atoms with E-state index in [4.69, 9.17) is 4.74 Å². The summed E-state index contributed by atoms with van der Waals surface area (Å²) in [4.78, 5) is -0.178. The number of unbranched alkanes of at least 4 members (excludes halogenated alkanes) is 5. The lowest BCUT2D eigenvalue weighted by atomic mass is 10.1. The number of halogens is 1. The summed E-state index contributed by atoms with van der Waals surface area (Å²) in [5, 5.41) is 0. The molecule has 0 amide bonds. The van der Waals surface area contributed by atoms with Gasteiger partial charge in [-0.3, -0.25) is 0 Å². The summed E-state index contributed by atoms with van der Waals surface area (Å²) in [6.45, 7) is 4.89. The van der Waals surface area contributed by atoms with Gasteiger partial charge in [0.05, 0.1) is 11.5 Å². The zero-order valence-corrected chi connectivity index (χ0v) is 23.3. The van der Waals surface area contributed by atoms with Crippen molar-refractivity contribution in [3.63, 3.8) is 0 Å². The topological polar surface area (TPSA) is 66.4 Å². The van der Waals surface area contributed by atoms with Crippen LogP contribution in [-0.2, 0) is 10.1 Å². The van der Waals surface area contributed by atoms with Crippen molar-refractivity contribution in [3.05, 3.63) is 93.6 Å². The highest BCUT2D eigenvalue weighted by Gasteiger charge is 2.06. The van der Waals surface area contributed by atoms with Crippen LogP contribution in [0.25, 0.3) is 0 Å². The molecule has 0 N–H and O–H groups in total. The molecule has 3 aromatic carbocycles. The van der Waals surface area contributed by atoms with E-state index in [1.807, 2.05) is 25.1 Å². The molecule has 0 saturated heterocycles. The molecule has 0 bridgehead atoms. The van der Waals surface area contributed by atoms with Crippen molar-refractivity contribution >= 4 is 10.1 Å². The van der Waals surface area contributed by atoms with Crippen LogP contribution in [0.15, 0.2) is 83.8 Å². The minimum absolute atomic E-state index is 0.178. The number of hydrogen-bond donors (Lipinski definition) is 0. The van der Waals surface area contributed by atoms with E-state index in [-0.39, 0.29) is 26.1 Å². The molecule has 4 nitrogen and oxygen atoms in total. The van der Waals surface area contributed by atoms with Gasteiger partial charge in [0, 0.05) is 5.56 Å². The Morgan fingerprint density at radius 3 is 2.09 bits per heavy atom. The van der Waals surface area contributed by atoms with Crippen LogP contribution in [-0.4, -0.2) is 19.6 Å². The summed E-state index contributed by atoms with van der Waals surface area (Å²) in [7, 11) is -4.27. The van der Waals surface area contributed by atoms with E-state index in [0.717, 1.165) is 29.9 Å². The SMILES string of the molecule is CCCCCCCCOc1ccc(C#C[I+]c2ccccc2)cc1.Cc1ccc(S(=O)(=O)[O-])cc1. The van der Waals surface area contributed by atoms with Gasteiger partial charge in [0.2, 0.25) is 3.57 Å². The van der Waals surface area contributed by atoms with Crippen molar-refractivity contribution in [2.24, 2.45) is 0 Å². The first kappa shape index (κ1) is 28.9. The monoisotopic (exact) mass is 604 g/mol. The highest BCUT2D eigenvalue weighted by Crippen LogP contribution is 2.13. The first-order chi connectivity index (χ1) is 16.9. The molecule has 35 heavy (non-hydrogen) atoms. The standard InChI is InChI=1S/C22H26IO.C7H8O3S/c1-2-3-4-5-6-10-19-24-22-15-13-20(14-16-22)17-18-23-21-11-8-7-9-12-21;1-6-2-4-7(5-3-6)11(8,9)10/h7-9,11-16H,2-6,10,19H2,1H3;2-5H,1H3,(H,8,9,10)/q+1;/p-1. The molecule has 0 unspecified atom stereocenters. The minimum atomic E-state index is -4.27. The summed E-state index contributed by atoms with van der Waals surface area (Å²) < 4.78 is 41.7. The minimum Gasteiger partial charge on any atom is -0.744 e. The van der Waals surface area contributed by atoms with Gasteiger partial charge in [-0.25, -0.2) is 8.42 Å². The number of hydrogen-bond acceptors (Lipinski definition) is 4. The van der Waals surface area contributed by atoms with E-state index in [1.165, 1.54) is 47.8 Å². The molecule has 186 valence electrons. The number of ether oxygens (including phenoxy) is 1. The third-order valence-electron chi connectivity index (χ3n) is 5.01. The maximum atomic E-state index is 10.4. The predicted molar refractivity (Wildman–Crippen MR) is 136 cm³/mol. The Hall–Kier alpha value is -2.34. The van der Waals surface area contributed by atoms with Crippen molar-refractivity contribution in [2.45, 2.75) is 57.3 Å². The molecule has 0 atom stereocenters. The smallest absolute Gasteiger partial charge is 0.420 e. The van der Waals surface area contributed by atoms with E-state index in [0.29, 0.717) is 0 Å². The van der Waals surface area contributed by atoms with Gasteiger partial charge in [-0.15, -0.1) is 0 Å². The average Bonchev–Trinajstić information content (AvgIpc) is 2.85. The van der Waals surface area contributed by atoms with Crippen LogP contribution in [0, 0.1) is 20.3 Å². The average molecular weight is 605 g/mol. The van der Waals surface area contributed by atoms with Gasteiger partial charge < -0.3 is 9.29 Å². The van der Waals surface area contributed by atoms with Crippen LogP contribution in [0.5, 0.6) is 5.75 Å². The predicted octanol–water partition coefficient (Wildman–Crippen LogP) is 3.59. The molecule has 0 aromatic heterocycles. The van der Waals surface area contributed by atoms with Crippen molar-refractivity contribution in [1.29, 1.82) is 0 Å². The second-order valence-electron chi connectivity index (χ2n) is 8.02. The first-order valence-corrected chi connectivity index (χ1v) is 15.4. The summed E-state index contributed by atoms with van der Waals surface area (Å²) in [5.74, 6) is 4.21. The second-order valence-corrected chi connectivity index (χ2v) is 11.7. The van der Waals surface area contributed by atoms with Crippen molar-refractivity contribution in [1.82, 2.24) is 0 Å². The Labute approximate surface area is 221 Å². The van der Waals surface area contributed by atoms with E-state index >= 15 is 0 Å². The zero-order valence-electron chi connectivity index (χ0n) is 20.4. The molecule has 0 radical (unpaired) electrons. The Balaban J connectivity index is 0.000000328.